The van der Waals surface area contributed by atoms with Crippen LogP contribution in [-0.4, -0.2) is 18.0 Å². The normalized spacial score (nSPS) is 21.3. The zero-order valence-electron chi connectivity index (χ0n) is 16.9. The minimum Gasteiger partial charge on any atom is -0.348 e. The summed E-state index contributed by atoms with van der Waals surface area (Å²) in [6.07, 6.45) is 6.08. The van der Waals surface area contributed by atoms with Gasteiger partial charge in [0.1, 0.15) is 6.04 Å². The minimum absolute atomic E-state index is 0.000401. The lowest BCUT2D eigenvalue weighted by molar-refractivity contribution is -0.123. The second-order valence-electron chi connectivity index (χ2n) is 8.14. The van der Waals surface area contributed by atoms with E-state index in [0.29, 0.717) is 0 Å². The van der Waals surface area contributed by atoms with Gasteiger partial charge in [-0.1, -0.05) is 48.5 Å². The number of carbonyl (C=O) groups excluding carboxylic acids is 2. The van der Waals surface area contributed by atoms with E-state index in [1.165, 1.54) is 22.3 Å². The first-order valence-corrected chi connectivity index (χ1v) is 10.6. The van der Waals surface area contributed by atoms with Crippen LogP contribution in [0, 0.1) is 0 Å². The van der Waals surface area contributed by atoms with Crippen molar-refractivity contribution in [2.24, 2.45) is 0 Å². The van der Waals surface area contributed by atoms with Crippen molar-refractivity contribution in [3.05, 3.63) is 70.8 Å². The van der Waals surface area contributed by atoms with Crippen molar-refractivity contribution in [2.75, 3.05) is 0 Å². The Kier molecular flexibility index (Phi) is 5.84. The molecule has 0 unspecified atom stereocenters. The molecule has 29 heavy (non-hydrogen) atoms. The van der Waals surface area contributed by atoms with Crippen molar-refractivity contribution in [1.29, 1.82) is 0 Å². The summed E-state index contributed by atoms with van der Waals surface area (Å²) >= 11 is 0. The summed E-state index contributed by atoms with van der Waals surface area (Å²) in [5.74, 6) is -0.147. The van der Waals surface area contributed by atoms with Crippen LogP contribution in [0.4, 0.5) is 4.79 Å². The van der Waals surface area contributed by atoms with Gasteiger partial charge in [-0.3, -0.25) is 4.79 Å². The topological polar surface area (TPSA) is 70.2 Å². The summed E-state index contributed by atoms with van der Waals surface area (Å²) in [5.41, 5.74) is 4.98. The number of urea groups is 1. The van der Waals surface area contributed by atoms with Crippen molar-refractivity contribution in [1.82, 2.24) is 16.0 Å². The van der Waals surface area contributed by atoms with Gasteiger partial charge in [0.2, 0.25) is 5.91 Å². The molecule has 5 heteroatoms. The van der Waals surface area contributed by atoms with Crippen molar-refractivity contribution in [2.45, 2.75) is 63.6 Å². The monoisotopic (exact) mass is 391 g/mol. The first-order chi connectivity index (χ1) is 14.1. The molecule has 3 atom stereocenters. The Morgan fingerprint density at radius 3 is 1.93 bits per heavy atom. The summed E-state index contributed by atoms with van der Waals surface area (Å²) in [6.45, 7) is 1.73. The summed E-state index contributed by atoms with van der Waals surface area (Å²) in [4.78, 5) is 25.2. The van der Waals surface area contributed by atoms with Crippen LogP contribution >= 0.6 is 0 Å². The van der Waals surface area contributed by atoms with Crippen LogP contribution in [0.1, 0.15) is 66.9 Å². The summed E-state index contributed by atoms with van der Waals surface area (Å²) in [5, 5.41) is 8.98. The Balaban J connectivity index is 1.33. The van der Waals surface area contributed by atoms with Gasteiger partial charge in [-0.05, 0) is 67.7 Å². The number of benzene rings is 2. The van der Waals surface area contributed by atoms with Gasteiger partial charge < -0.3 is 16.0 Å². The van der Waals surface area contributed by atoms with Crippen LogP contribution in [0.15, 0.2) is 48.5 Å². The first-order valence-electron chi connectivity index (χ1n) is 10.6. The second-order valence-corrected chi connectivity index (χ2v) is 8.14. The highest BCUT2D eigenvalue weighted by atomic mass is 16.2. The smallest absolute Gasteiger partial charge is 0.315 e. The average molecular weight is 392 g/mol. The van der Waals surface area contributed by atoms with E-state index in [2.05, 4.69) is 40.2 Å². The fraction of sp³-hybridized carbons (Fsp3) is 0.417. The molecule has 0 spiro atoms. The molecule has 2 aromatic rings. The fourth-order valence-electron chi connectivity index (χ4n) is 4.57. The number of fused-ring (bicyclic) bond motifs is 2. The van der Waals surface area contributed by atoms with E-state index >= 15 is 0 Å². The standard InChI is InChI=1S/C24H29N3O2/c1-16(23(28)26-21-14-6-10-17-8-2-4-12-19(17)21)25-24(29)27-22-15-7-11-18-9-3-5-13-20(18)22/h2-5,8-9,12-13,16,21-22H,6-7,10-11,14-15H2,1H3,(H,26,28)(H2,25,27,29)/t16-,21-,22-/m0/s1. The van der Waals surface area contributed by atoms with Crippen molar-refractivity contribution >= 4 is 11.9 Å². The molecule has 2 aliphatic carbocycles. The molecule has 0 aromatic heterocycles. The first kappa shape index (κ1) is 19.5. The maximum absolute atomic E-state index is 12.7. The fourth-order valence-corrected chi connectivity index (χ4v) is 4.57. The van der Waals surface area contributed by atoms with E-state index in [0.717, 1.165) is 38.5 Å². The van der Waals surface area contributed by atoms with E-state index in [9.17, 15) is 9.59 Å². The quantitative estimate of drug-likeness (QED) is 0.739. The Bertz CT molecular complexity index is 895. The summed E-state index contributed by atoms with van der Waals surface area (Å²) in [7, 11) is 0. The summed E-state index contributed by atoms with van der Waals surface area (Å²) < 4.78 is 0. The predicted octanol–water partition coefficient (Wildman–Crippen LogP) is 3.95. The third kappa shape index (κ3) is 4.44. The molecule has 0 aliphatic heterocycles. The van der Waals surface area contributed by atoms with Crippen molar-refractivity contribution < 1.29 is 9.59 Å². The van der Waals surface area contributed by atoms with Gasteiger partial charge >= 0.3 is 6.03 Å². The van der Waals surface area contributed by atoms with Gasteiger partial charge in [-0.15, -0.1) is 0 Å². The molecule has 0 bridgehead atoms. The molecule has 0 fully saturated rings. The van der Waals surface area contributed by atoms with Crippen LogP contribution in [0.25, 0.3) is 0 Å². The highest BCUT2D eigenvalue weighted by molar-refractivity contribution is 5.87. The minimum atomic E-state index is -0.595. The number of aryl methyl sites for hydroxylation is 2. The SMILES string of the molecule is C[C@H](NC(=O)N[C@H]1CCCc2ccccc21)C(=O)N[C@H]1CCCc2ccccc21. The van der Waals surface area contributed by atoms with Crippen molar-refractivity contribution in [3.63, 3.8) is 0 Å². The molecular formula is C24H29N3O2. The van der Waals surface area contributed by atoms with Gasteiger partial charge in [0.25, 0.3) is 0 Å². The van der Waals surface area contributed by atoms with Crippen LogP contribution in [0.3, 0.4) is 0 Å². The van der Waals surface area contributed by atoms with Gasteiger partial charge in [0.15, 0.2) is 0 Å². The zero-order valence-corrected chi connectivity index (χ0v) is 16.9. The van der Waals surface area contributed by atoms with Gasteiger partial charge in [0.05, 0.1) is 12.1 Å². The molecule has 4 rings (SSSR count). The third-order valence-electron chi connectivity index (χ3n) is 6.10. The Labute approximate surface area is 172 Å². The van der Waals surface area contributed by atoms with Crippen molar-refractivity contribution in [3.8, 4) is 0 Å². The molecule has 0 heterocycles. The van der Waals surface area contributed by atoms with Crippen LogP contribution in [0.5, 0.6) is 0 Å². The number of carbonyl (C=O) groups is 2. The van der Waals surface area contributed by atoms with Gasteiger partial charge in [-0.25, -0.2) is 4.79 Å². The van der Waals surface area contributed by atoms with Crippen LogP contribution in [0.2, 0.25) is 0 Å². The lowest BCUT2D eigenvalue weighted by Crippen LogP contribution is -2.50. The van der Waals surface area contributed by atoms with E-state index in [-0.39, 0.29) is 24.0 Å². The Morgan fingerprint density at radius 2 is 1.34 bits per heavy atom. The number of rotatable bonds is 4. The van der Waals surface area contributed by atoms with E-state index in [1.807, 2.05) is 24.3 Å². The molecule has 152 valence electrons. The number of hydrogen-bond acceptors (Lipinski definition) is 2. The molecule has 3 amide bonds. The molecule has 5 nitrogen and oxygen atoms in total. The van der Waals surface area contributed by atoms with E-state index in [4.69, 9.17) is 0 Å². The van der Waals surface area contributed by atoms with Gasteiger partial charge in [-0.2, -0.15) is 0 Å². The Morgan fingerprint density at radius 1 is 0.828 bits per heavy atom. The number of hydrogen-bond donors (Lipinski definition) is 3. The second kappa shape index (κ2) is 8.68. The molecule has 2 aromatic carbocycles. The third-order valence-corrected chi connectivity index (χ3v) is 6.10. The van der Waals surface area contributed by atoms with E-state index < -0.39 is 6.04 Å². The molecule has 3 N–H and O–H groups in total. The molecule has 0 saturated carbocycles. The zero-order chi connectivity index (χ0) is 20.2. The molecule has 0 radical (unpaired) electrons. The van der Waals surface area contributed by atoms with E-state index in [1.54, 1.807) is 6.92 Å². The highest BCUT2D eigenvalue weighted by Crippen LogP contribution is 2.30. The maximum atomic E-state index is 12.7. The average Bonchev–Trinajstić information content (AvgIpc) is 2.74. The number of amides is 3. The predicted molar refractivity (Wildman–Crippen MR) is 114 cm³/mol. The van der Waals surface area contributed by atoms with Gasteiger partial charge in [0, 0.05) is 0 Å². The lowest BCUT2D eigenvalue weighted by Gasteiger charge is -2.29. The largest absolute Gasteiger partial charge is 0.348 e. The maximum Gasteiger partial charge on any atom is 0.315 e. The number of nitrogens with one attached hydrogen (secondary N) is 3. The molecular weight excluding hydrogens is 362 g/mol. The molecule has 2 aliphatic rings. The van der Waals surface area contributed by atoms with Crippen LogP contribution in [-0.2, 0) is 17.6 Å². The summed E-state index contributed by atoms with van der Waals surface area (Å²) in [6, 6.07) is 15.7. The lowest BCUT2D eigenvalue weighted by atomic mass is 9.87. The highest BCUT2D eigenvalue weighted by Gasteiger charge is 2.26. The van der Waals surface area contributed by atoms with Crippen LogP contribution < -0.4 is 16.0 Å². The Hall–Kier alpha value is -2.82. The molecule has 0 saturated heterocycles.